The summed E-state index contributed by atoms with van der Waals surface area (Å²) in [7, 11) is 0. The topological polar surface area (TPSA) is 99.1 Å². The summed E-state index contributed by atoms with van der Waals surface area (Å²) in [4.78, 5) is 42.0. The van der Waals surface area contributed by atoms with Crippen molar-refractivity contribution in [3.8, 4) is 0 Å². The molecule has 0 saturated carbocycles. The van der Waals surface area contributed by atoms with Gasteiger partial charge in [-0.05, 0) is 55.5 Å². The highest BCUT2D eigenvalue weighted by Crippen LogP contribution is 2.32. The molecule has 1 aliphatic rings. The normalized spacial score (nSPS) is 17.6. The first-order valence-corrected chi connectivity index (χ1v) is 10.1. The van der Waals surface area contributed by atoms with E-state index >= 15 is 0 Å². The summed E-state index contributed by atoms with van der Waals surface area (Å²) in [6.45, 7) is 2.30. The third kappa shape index (κ3) is 5.16. The fraction of sp³-hybridized carbons (Fsp3) is 0.200. The third-order valence-electron chi connectivity index (χ3n) is 4.17. The molecule has 1 aliphatic heterocycles. The number of hydrogen-bond donors (Lipinski definition) is 2. The zero-order valence-electron chi connectivity index (χ0n) is 15.5. The monoisotopic (exact) mass is 431 g/mol. The van der Waals surface area contributed by atoms with Crippen LogP contribution in [0.15, 0.2) is 53.5 Å². The molecule has 2 aromatic carbocycles. The van der Waals surface area contributed by atoms with Crippen molar-refractivity contribution in [3.63, 3.8) is 0 Å². The van der Waals surface area contributed by atoms with E-state index in [1.165, 1.54) is 36.0 Å². The number of carboxylic acid groups (broad SMARTS) is 1. The second-order valence-electron chi connectivity index (χ2n) is 6.19. The first kappa shape index (κ1) is 20.9. The Balaban J connectivity index is 1.67. The Kier molecular flexibility index (Phi) is 6.56. The zero-order valence-corrected chi connectivity index (χ0v) is 17.0. The molecular weight excluding hydrogens is 414 g/mol. The van der Waals surface area contributed by atoms with Crippen molar-refractivity contribution in [2.45, 2.75) is 18.6 Å². The van der Waals surface area contributed by atoms with Crippen LogP contribution in [0.25, 0.3) is 0 Å². The van der Waals surface area contributed by atoms with E-state index in [0.717, 1.165) is 0 Å². The number of halogens is 1. The van der Waals surface area contributed by atoms with Gasteiger partial charge in [-0.25, -0.2) is 9.79 Å². The van der Waals surface area contributed by atoms with Gasteiger partial charge >= 0.3 is 5.97 Å². The van der Waals surface area contributed by atoms with E-state index in [9.17, 15) is 14.4 Å². The molecule has 150 valence electrons. The van der Waals surface area contributed by atoms with Crippen LogP contribution in [0.1, 0.15) is 23.7 Å². The Morgan fingerprint density at radius 2 is 1.83 bits per heavy atom. The molecule has 0 aromatic heterocycles. The van der Waals surface area contributed by atoms with Gasteiger partial charge in [0.1, 0.15) is 5.25 Å². The maximum Gasteiger partial charge on any atom is 0.335 e. The predicted molar refractivity (Wildman–Crippen MR) is 114 cm³/mol. The summed E-state index contributed by atoms with van der Waals surface area (Å²) < 4.78 is 0. The molecular formula is C20H18ClN3O4S. The smallest absolute Gasteiger partial charge is 0.335 e. The van der Waals surface area contributed by atoms with Gasteiger partial charge in [-0.2, -0.15) is 0 Å². The van der Waals surface area contributed by atoms with Crippen molar-refractivity contribution in [2.24, 2.45) is 4.99 Å². The standard InChI is InChI=1S/C20H18ClN3O4S/c1-2-24-18(26)16(29-20(24)23-15-9-5-13(21)6-10-15)11-17(25)22-14-7-3-12(4-8-14)19(27)28/h3-10,16H,2,11H2,1H3,(H,22,25)(H,27,28)/t16-/m0/s1. The van der Waals surface area contributed by atoms with Crippen molar-refractivity contribution in [3.05, 3.63) is 59.1 Å². The second kappa shape index (κ2) is 9.11. The van der Waals surface area contributed by atoms with Crippen LogP contribution in [0.2, 0.25) is 5.02 Å². The highest BCUT2D eigenvalue weighted by Gasteiger charge is 2.38. The van der Waals surface area contributed by atoms with Crippen LogP contribution < -0.4 is 5.32 Å². The van der Waals surface area contributed by atoms with Crippen LogP contribution in [-0.4, -0.2) is 44.8 Å². The van der Waals surface area contributed by atoms with E-state index in [2.05, 4.69) is 10.3 Å². The number of thioether (sulfide) groups is 1. The minimum absolute atomic E-state index is 0.0136. The van der Waals surface area contributed by atoms with Gasteiger partial charge in [0, 0.05) is 23.7 Å². The van der Waals surface area contributed by atoms with Crippen molar-refractivity contribution < 1.29 is 19.5 Å². The number of amides is 2. The summed E-state index contributed by atoms with van der Waals surface area (Å²) in [6, 6.07) is 12.8. The van der Waals surface area contributed by atoms with Gasteiger partial charge < -0.3 is 10.4 Å². The van der Waals surface area contributed by atoms with E-state index in [-0.39, 0.29) is 23.8 Å². The molecule has 0 spiro atoms. The van der Waals surface area contributed by atoms with Crippen LogP contribution in [-0.2, 0) is 9.59 Å². The average Bonchev–Trinajstić information content (AvgIpc) is 2.98. The molecule has 1 saturated heterocycles. The quantitative estimate of drug-likeness (QED) is 0.719. The van der Waals surface area contributed by atoms with Gasteiger partial charge in [-0.15, -0.1) is 0 Å². The number of rotatable bonds is 6. The van der Waals surface area contributed by atoms with E-state index in [1.54, 1.807) is 29.2 Å². The van der Waals surface area contributed by atoms with Gasteiger partial charge in [-0.1, -0.05) is 23.4 Å². The number of nitrogens with one attached hydrogen (secondary N) is 1. The van der Waals surface area contributed by atoms with Gasteiger partial charge in [0.05, 0.1) is 11.3 Å². The van der Waals surface area contributed by atoms with Crippen LogP contribution in [0.5, 0.6) is 0 Å². The highest BCUT2D eigenvalue weighted by molar-refractivity contribution is 8.15. The van der Waals surface area contributed by atoms with E-state index in [4.69, 9.17) is 16.7 Å². The Bertz CT molecular complexity index is 961. The summed E-state index contributed by atoms with van der Waals surface area (Å²) in [6.07, 6.45) is -0.0136. The maximum absolute atomic E-state index is 12.7. The SMILES string of the molecule is CCN1C(=O)[C@H](CC(=O)Nc2ccc(C(=O)O)cc2)SC1=Nc1ccc(Cl)cc1. The van der Waals surface area contributed by atoms with Crippen LogP contribution >= 0.6 is 23.4 Å². The van der Waals surface area contributed by atoms with E-state index in [0.29, 0.717) is 28.1 Å². The van der Waals surface area contributed by atoms with Crippen molar-refractivity contribution in [2.75, 3.05) is 11.9 Å². The molecule has 0 bridgehead atoms. The lowest BCUT2D eigenvalue weighted by Crippen LogP contribution is -2.33. The number of carboxylic acids is 1. The molecule has 2 N–H and O–H groups in total. The number of anilines is 1. The maximum atomic E-state index is 12.7. The molecule has 3 rings (SSSR count). The van der Waals surface area contributed by atoms with Crippen molar-refractivity contribution in [1.29, 1.82) is 0 Å². The number of nitrogens with zero attached hydrogens (tertiary/aromatic N) is 2. The number of carbonyl (C=O) groups is 3. The minimum Gasteiger partial charge on any atom is -0.478 e. The van der Waals surface area contributed by atoms with Crippen molar-refractivity contribution >= 4 is 57.7 Å². The van der Waals surface area contributed by atoms with Crippen LogP contribution in [0.4, 0.5) is 11.4 Å². The molecule has 0 aliphatic carbocycles. The first-order chi connectivity index (χ1) is 13.9. The van der Waals surface area contributed by atoms with Crippen molar-refractivity contribution in [1.82, 2.24) is 4.90 Å². The summed E-state index contributed by atoms with van der Waals surface area (Å²) in [5.74, 6) is -1.53. The number of benzene rings is 2. The third-order valence-corrected chi connectivity index (χ3v) is 5.60. The molecule has 0 unspecified atom stereocenters. The highest BCUT2D eigenvalue weighted by atomic mass is 35.5. The molecule has 0 radical (unpaired) electrons. The number of amidine groups is 1. The molecule has 9 heteroatoms. The Morgan fingerprint density at radius 3 is 2.41 bits per heavy atom. The van der Waals surface area contributed by atoms with Crippen LogP contribution in [0.3, 0.4) is 0 Å². The average molecular weight is 432 g/mol. The fourth-order valence-corrected chi connectivity index (χ4v) is 4.07. The number of aliphatic imine (C=N–C) groups is 1. The van der Waals surface area contributed by atoms with Gasteiger partial charge in [-0.3, -0.25) is 14.5 Å². The Hall–Kier alpha value is -2.84. The number of aromatic carboxylic acids is 1. The molecule has 7 nitrogen and oxygen atoms in total. The molecule has 29 heavy (non-hydrogen) atoms. The largest absolute Gasteiger partial charge is 0.478 e. The molecule has 1 fully saturated rings. The second-order valence-corrected chi connectivity index (χ2v) is 7.80. The molecule has 2 amide bonds. The lowest BCUT2D eigenvalue weighted by atomic mass is 10.2. The first-order valence-electron chi connectivity index (χ1n) is 8.83. The summed E-state index contributed by atoms with van der Waals surface area (Å²) >= 11 is 7.14. The molecule has 1 heterocycles. The van der Waals surface area contributed by atoms with E-state index < -0.39 is 11.2 Å². The van der Waals surface area contributed by atoms with E-state index in [1.807, 2.05) is 6.92 Å². The lowest BCUT2D eigenvalue weighted by Gasteiger charge is -2.13. The zero-order chi connectivity index (χ0) is 21.0. The van der Waals surface area contributed by atoms with Crippen LogP contribution in [0, 0.1) is 0 Å². The Labute approximate surface area is 176 Å². The summed E-state index contributed by atoms with van der Waals surface area (Å²) in [5, 5.41) is 12.2. The molecule has 1 atom stereocenters. The molecule has 2 aromatic rings. The Morgan fingerprint density at radius 1 is 1.17 bits per heavy atom. The van der Waals surface area contributed by atoms with Gasteiger partial charge in [0.2, 0.25) is 11.8 Å². The van der Waals surface area contributed by atoms with Gasteiger partial charge in [0.15, 0.2) is 5.17 Å². The predicted octanol–water partition coefficient (Wildman–Crippen LogP) is 4.02. The number of hydrogen-bond acceptors (Lipinski definition) is 5. The number of carbonyl (C=O) groups excluding carboxylic acids is 2. The minimum atomic E-state index is -1.04. The summed E-state index contributed by atoms with van der Waals surface area (Å²) in [5.41, 5.74) is 1.27. The fourth-order valence-electron chi connectivity index (χ4n) is 2.72. The van der Waals surface area contributed by atoms with Gasteiger partial charge in [0.25, 0.3) is 0 Å². The lowest BCUT2D eigenvalue weighted by molar-refractivity contribution is -0.128.